The Hall–Kier alpha value is -3.37. The highest BCUT2D eigenvalue weighted by atomic mass is 32.2. The predicted octanol–water partition coefficient (Wildman–Crippen LogP) is 2.56. The Morgan fingerprint density at radius 3 is 2.07 bits per heavy atom. The quantitative estimate of drug-likeness (QED) is 0.602. The van der Waals surface area contributed by atoms with Gasteiger partial charge in [-0.1, -0.05) is 0 Å². The minimum Gasteiger partial charge on any atom is -0.493 e. The topological polar surface area (TPSA) is 126 Å². The number of nitrogens with one attached hydrogen (secondary N) is 1. The highest BCUT2D eigenvalue weighted by Crippen LogP contribution is 2.40. The van der Waals surface area contributed by atoms with Gasteiger partial charge in [-0.05, 0) is 42.5 Å². The highest BCUT2D eigenvalue weighted by Gasteiger charge is 2.15. The first-order valence-corrected chi connectivity index (χ1v) is 9.93. The zero-order valence-corrected chi connectivity index (χ0v) is 16.9. The molecule has 0 aliphatic carbocycles. The monoisotopic (exact) mass is 416 g/mol. The lowest BCUT2D eigenvalue weighted by molar-refractivity contribution is 0.324. The molecule has 0 amide bonds. The van der Waals surface area contributed by atoms with E-state index in [4.69, 9.17) is 19.3 Å². The van der Waals surface area contributed by atoms with Gasteiger partial charge in [-0.3, -0.25) is 0 Å². The molecule has 3 aromatic rings. The first-order valence-electron chi connectivity index (χ1n) is 8.39. The van der Waals surface area contributed by atoms with E-state index in [1.54, 1.807) is 50.7 Å². The second kappa shape index (κ2) is 8.33. The van der Waals surface area contributed by atoms with Crippen molar-refractivity contribution in [2.45, 2.75) is 4.90 Å². The Bertz CT molecular complexity index is 1090. The summed E-state index contributed by atoms with van der Waals surface area (Å²) in [6.07, 6.45) is 1.60. The molecule has 0 saturated carbocycles. The molecule has 1 heterocycles. The molecule has 3 N–H and O–H groups in total. The van der Waals surface area contributed by atoms with Crippen LogP contribution in [0.2, 0.25) is 0 Å². The van der Waals surface area contributed by atoms with Gasteiger partial charge in [0.1, 0.15) is 0 Å². The zero-order valence-electron chi connectivity index (χ0n) is 16.0. The molecule has 0 aliphatic heterocycles. The van der Waals surface area contributed by atoms with E-state index in [0.717, 1.165) is 5.56 Å². The van der Waals surface area contributed by atoms with Crippen LogP contribution in [0.1, 0.15) is 0 Å². The number of benzene rings is 2. The largest absolute Gasteiger partial charge is 0.493 e. The van der Waals surface area contributed by atoms with Gasteiger partial charge in [0.15, 0.2) is 11.5 Å². The van der Waals surface area contributed by atoms with Crippen LogP contribution < -0.4 is 24.7 Å². The van der Waals surface area contributed by atoms with Crippen molar-refractivity contribution in [3.05, 3.63) is 48.7 Å². The maximum Gasteiger partial charge on any atom is 0.238 e. The fraction of sp³-hybridized carbons (Fsp3) is 0.158. The fourth-order valence-electron chi connectivity index (χ4n) is 2.67. The van der Waals surface area contributed by atoms with Crippen LogP contribution in [-0.4, -0.2) is 39.7 Å². The van der Waals surface area contributed by atoms with Gasteiger partial charge in [-0.25, -0.2) is 23.5 Å². The highest BCUT2D eigenvalue weighted by molar-refractivity contribution is 7.89. The lowest BCUT2D eigenvalue weighted by Crippen LogP contribution is -2.11. The van der Waals surface area contributed by atoms with Gasteiger partial charge in [0.2, 0.25) is 21.7 Å². The van der Waals surface area contributed by atoms with Crippen LogP contribution in [0.3, 0.4) is 0 Å². The smallest absolute Gasteiger partial charge is 0.238 e. The van der Waals surface area contributed by atoms with Gasteiger partial charge < -0.3 is 19.5 Å². The number of aromatic nitrogens is 2. The van der Waals surface area contributed by atoms with E-state index in [-0.39, 0.29) is 4.90 Å². The van der Waals surface area contributed by atoms with Crippen LogP contribution in [0.4, 0.5) is 11.6 Å². The van der Waals surface area contributed by atoms with Crippen LogP contribution in [0, 0.1) is 0 Å². The third-order valence-corrected chi connectivity index (χ3v) is 4.98. The molecule has 1 aromatic heterocycles. The number of hydrogen-bond acceptors (Lipinski definition) is 8. The minimum absolute atomic E-state index is 0.0233. The Kier molecular flexibility index (Phi) is 5.85. The molecular formula is C19H20N4O5S. The summed E-state index contributed by atoms with van der Waals surface area (Å²) in [5, 5.41) is 8.14. The summed E-state index contributed by atoms with van der Waals surface area (Å²) in [7, 11) is 0.870. The van der Waals surface area contributed by atoms with Gasteiger partial charge >= 0.3 is 0 Å². The van der Waals surface area contributed by atoms with Crippen molar-refractivity contribution in [2.24, 2.45) is 5.14 Å². The van der Waals surface area contributed by atoms with Crippen LogP contribution in [0.15, 0.2) is 53.6 Å². The Balaban J connectivity index is 1.92. The molecule has 10 heteroatoms. The molecule has 0 saturated heterocycles. The predicted molar refractivity (Wildman–Crippen MR) is 108 cm³/mol. The summed E-state index contributed by atoms with van der Waals surface area (Å²) in [5.74, 6) is 1.84. The third-order valence-electron chi connectivity index (χ3n) is 4.06. The number of primary sulfonamides is 1. The summed E-state index contributed by atoms with van der Waals surface area (Å²) < 4.78 is 38.8. The van der Waals surface area contributed by atoms with Crippen LogP contribution >= 0.6 is 0 Å². The summed E-state index contributed by atoms with van der Waals surface area (Å²) in [4.78, 5) is 8.72. The van der Waals surface area contributed by atoms with Gasteiger partial charge in [0, 0.05) is 17.4 Å². The van der Waals surface area contributed by atoms with E-state index in [0.29, 0.717) is 34.6 Å². The van der Waals surface area contributed by atoms with Crippen LogP contribution in [0.25, 0.3) is 11.3 Å². The molecule has 0 spiro atoms. The van der Waals surface area contributed by atoms with Crippen molar-refractivity contribution >= 4 is 21.7 Å². The van der Waals surface area contributed by atoms with Crippen molar-refractivity contribution in [1.29, 1.82) is 0 Å². The zero-order chi connectivity index (χ0) is 21.0. The number of methoxy groups -OCH3 is 3. The normalized spacial score (nSPS) is 11.0. The molecule has 3 rings (SSSR count). The van der Waals surface area contributed by atoms with E-state index >= 15 is 0 Å². The first-order chi connectivity index (χ1) is 13.9. The van der Waals surface area contributed by atoms with Gasteiger partial charge in [-0.15, -0.1) is 0 Å². The van der Waals surface area contributed by atoms with Gasteiger partial charge in [0.25, 0.3) is 0 Å². The molecule has 0 radical (unpaired) electrons. The summed E-state index contributed by atoms with van der Waals surface area (Å²) in [6, 6.07) is 11.3. The average molecular weight is 416 g/mol. The number of nitrogens with zero attached hydrogens (tertiary/aromatic N) is 2. The molecule has 0 unspecified atom stereocenters. The molecular weight excluding hydrogens is 396 g/mol. The average Bonchev–Trinajstić information content (AvgIpc) is 2.72. The van der Waals surface area contributed by atoms with Crippen molar-refractivity contribution in [2.75, 3.05) is 26.6 Å². The fourth-order valence-corrected chi connectivity index (χ4v) is 3.18. The first kappa shape index (κ1) is 20.4. The Labute approximate surface area is 168 Å². The maximum atomic E-state index is 11.4. The van der Waals surface area contributed by atoms with Crippen LogP contribution in [-0.2, 0) is 10.0 Å². The number of anilines is 2. The van der Waals surface area contributed by atoms with Gasteiger partial charge in [0.05, 0.1) is 31.9 Å². The third kappa shape index (κ3) is 4.55. The Morgan fingerprint density at radius 2 is 1.55 bits per heavy atom. The second-order valence-corrected chi connectivity index (χ2v) is 7.44. The number of ether oxygens (including phenoxy) is 3. The standard InChI is InChI=1S/C19H20N4O5S/c1-26-16-10-12(11-17(27-2)18(16)28-3)15-8-9-21-19(23-15)22-13-4-6-14(7-5-13)29(20,24)25/h4-11H,1-3H3,(H2,20,24,25)(H,21,22,23). The van der Waals surface area contributed by atoms with Crippen molar-refractivity contribution in [1.82, 2.24) is 9.97 Å². The summed E-state index contributed by atoms with van der Waals surface area (Å²) >= 11 is 0. The number of hydrogen-bond donors (Lipinski definition) is 2. The van der Waals surface area contributed by atoms with Gasteiger partial charge in [-0.2, -0.15) is 0 Å². The molecule has 2 aromatic carbocycles. The number of rotatable bonds is 7. The molecule has 29 heavy (non-hydrogen) atoms. The summed E-state index contributed by atoms with van der Waals surface area (Å²) in [5.41, 5.74) is 1.98. The molecule has 0 aliphatic rings. The molecule has 0 atom stereocenters. The van der Waals surface area contributed by atoms with E-state index in [2.05, 4.69) is 15.3 Å². The lowest BCUT2D eigenvalue weighted by Gasteiger charge is -2.14. The van der Waals surface area contributed by atoms with E-state index < -0.39 is 10.0 Å². The molecule has 0 fully saturated rings. The summed E-state index contributed by atoms with van der Waals surface area (Å²) in [6.45, 7) is 0. The molecule has 0 bridgehead atoms. The molecule has 9 nitrogen and oxygen atoms in total. The molecule has 152 valence electrons. The maximum absolute atomic E-state index is 11.4. The minimum atomic E-state index is -3.75. The second-order valence-electron chi connectivity index (χ2n) is 5.87. The van der Waals surface area contributed by atoms with E-state index in [1.165, 1.54) is 19.2 Å². The SMILES string of the molecule is COc1cc(-c2ccnc(Nc3ccc(S(N)(=O)=O)cc3)n2)cc(OC)c1OC. The Morgan fingerprint density at radius 1 is 0.931 bits per heavy atom. The van der Waals surface area contributed by atoms with Crippen molar-refractivity contribution in [3.8, 4) is 28.5 Å². The number of nitrogens with two attached hydrogens (primary N) is 1. The van der Waals surface area contributed by atoms with Crippen LogP contribution in [0.5, 0.6) is 17.2 Å². The van der Waals surface area contributed by atoms with Crippen molar-refractivity contribution in [3.63, 3.8) is 0 Å². The number of sulfonamides is 1. The van der Waals surface area contributed by atoms with E-state index in [1.807, 2.05) is 0 Å². The van der Waals surface area contributed by atoms with E-state index in [9.17, 15) is 8.42 Å². The van der Waals surface area contributed by atoms with Crippen molar-refractivity contribution < 1.29 is 22.6 Å². The lowest BCUT2D eigenvalue weighted by atomic mass is 10.1.